The van der Waals surface area contributed by atoms with Gasteiger partial charge in [-0.15, -0.1) is 0 Å². The molecule has 4 nitrogen and oxygen atoms in total. The molecule has 0 aromatic heterocycles. The van der Waals surface area contributed by atoms with Crippen molar-refractivity contribution in [3.8, 4) is 23.0 Å². The first-order chi connectivity index (χ1) is 14.2. The first-order valence-corrected chi connectivity index (χ1v) is 11.8. The molecule has 1 aromatic rings. The minimum Gasteiger partial charge on any atom is -0.490 e. The average molecular weight is 409 g/mol. The summed E-state index contributed by atoms with van der Waals surface area (Å²) in [6.07, 6.45) is 14.0. The zero-order valence-corrected chi connectivity index (χ0v) is 19.6. The highest BCUT2D eigenvalue weighted by molar-refractivity contribution is 5.63. The van der Waals surface area contributed by atoms with Crippen molar-refractivity contribution in [3.63, 3.8) is 0 Å². The second-order valence-corrected chi connectivity index (χ2v) is 7.70. The quantitative estimate of drug-likeness (QED) is 0.238. The van der Waals surface area contributed by atoms with Gasteiger partial charge in [-0.3, -0.25) is 0 Å². The monoisotopic (exact) mass is 408 g/mol. The van der Waals surface area contributed by atoms with Crippen molar-refractivity contribution in [1.82, 2.24) is 0 Å². The molecule has 1 aromatic carbocycles. The summed E-state index contributed by atoms with van der Waals surface area (Å²) < 4.78 is 23.7. The largest absolute Gasteiger partial charge is 0.490 e. The van der Waals surface area contributed by atoms with Crippen LogP contribution in [0.4, 0.5) is 0 Å². The van der Waals surface area contributed by atoms with Crippen molar-refractivity contribution >= 4 is 0 Å². The first kappa shape index (κ1) is 25.5. The highest BCUT2D eigenvalue weighted by Crippen LogP contribution is 2.47. The Kier molecular flexibility index (Phi) is 14.3. The summed E-state index contributed by atoms with van der Waals surface area (Å²) in [5.74, 6) is 2.91. The van der Waals surface area contributed by atoms with Crippen molar-refractivity contribution < 1.29 is 18.9 Å². The van der Waals surface area contributed by atoms with Crippen molar-refractivity contribution in [2.45, 2.75) is 97.8 Å². The number of aryl methyl sites for hydroxylation is 1. The zero-order chi connectivity index (χ0) is 21.3. The van der Waals surface area contributed by atoms with Crippen LogP contribution in [0.15, 0.2) is 6.07 Å². The number of rotatable bonds is 18. The second-order valence-electron chi connectivity index (χ2n) is 7.70. The minimum absolute atomic E-state index is 0.643. The molecule has 0 heterocycles. The van der Waals surface area contributed by atoms with Gasteiger partial charge in [0.15, 0.2) is 11.5 Å². The maximum atomic E-state index is 6.22. The van der Waals surface area contributed by atoms with E-state index in [9.17, 15) is 0 Å². The first-order valence-electron chi connectivity index (χ1n) is 11.8. The van der Waals surface area contributed by atoms with Crippen LogP contribution in [0.5, 0.6) is 23.0 Å². The van der Waals surface area contributed by atoms with E-state index in [4.69, 9.17) is 18.9 Å². The van der Waals surface area contributed by atoms with Gasteiger partial charge in [-0.05, 0) is 31.7 Å². The van der Waals surface area contributed by atoms with Crippen LogP contribution in [0.1, 0.15) is 97.0 Å². The van der Waals surface area contributed by atoms with Crippen LogP contribution >= 0.6 is 0 Å². The SMILES string of the molecule is CCCCCCCc1cc(OCCCCC)c(OC)c(OC)c1OCCCCC. The Labute approximate surface area is 179 Å². The normalized spacial score (nSPS) is 10.8. The lowest BCUT2D eigenvalue weighted by Gasteiger charge is -2.21. The molecule has 0 spiro atoms. The van der Waals surface area contributed by atoms with E-state index in [0.29, 0.717) is 24.7 Å². The van der Waals surface area contributed by atoms with Gasteiger partial charge >= 0.3 is 0 Å². The van der Waals surface area contributed by atoms with Gasteiger partial charge in [0, 0.05) is 5.56 Å². The fourth-order valence-electron chi connectivity index (χ4n) is 3.46. The minimum atomic E-state index is 0.643. The fraction of sp³-hybridized carbons (Fsp3) is 0.760. The second kappa shape index (κ2) is 16.2. The predicted octanol–water partition coefficient (Wildman–Crippen LogP) is 7.35. The summed E-state index contributed by atoms with van der Waals surface area (Å²) in [5.41, 5.74) is 1.17. The Morgan fingerprint density at radius 2 is 1.14 bits per heavy atom. The topological polar surface area (TPSA) is 36.9 Å². The van der Waals surface area contributed by atoms with Crippen LogP contribution in [0, 0.1) is 0 Å². The molecule has 0 saturated heterocycles. The molecule has 0 aliphatic rings. The smallest absolute Gasteiger partial charge is 0.207 e. The molecule has 0 radical (unpaired) electrons. The fourth-order valence-corrected chi connectivity index (χ4v) is 3.46. The molecule has 0 aliphatic carbocycles. The number of benzene rings is 1. The Morgan fingerprint density at radius 3 is 1.72 bits per heavy atom. The molecular formula is C25H44O4. The molecule has 4 heteroatoms. The molecule has 0 aliphatic heterocycles. The number of methoxy groups -OCH3 is 2. The highest BCUT2D eigenvalue weighted by atomic mass is 16.5. The third-order valence-electron chi connectivity index (χ3n) is 5.19. The van der Waals surface area contributed by atoms with Crippen LogP contribution in [0.25, 0.3) is 0 Å². The number of hydrogen-bond acceptors (Lipinski definition) is 4. The van der Waals surface area contributed by atoms with Gasteiger partial charge in [-0.1, -0.05) is 72.1 Å². The maximum absolute atomic E-state index is 6.22. The number of hydrogen-bond donors (Lipinski definition) is 0. The molecule has 0 unspecified atom stereocenters. The van der Waals surface area contributed by atoms with E-state index >= 15 is 0 Å². The van der Waals surface area contributed by atoms with Gasteiger partial charge in [-0.25, -0.2) is 0 Å². The van der Waals surface area contributed by atoms with Gasteiger partial charge < -0.3 is 18.9 Å². The summed E-state index contributed by atoms with van der Waals surface area (Å²) >= 11 is 0. The Balaban J connectivity index is 3.04. The van der Waals surface area contributed by atoms with Crippen LogP contribution in [0.2, 0.25) is 0 Å². The zero-order valence-electron chi connectivity index (χ0n) is 19.6. The van der Waals surface area contributed by atoms with Crippen molar-refractivity contribution in [3.05, 3.63) is 11.6 Å². The van der Waals surface area contributed by atoms with E-state index in [1.165, 1.54) is 56.9 Å². The van der Waals surface area contributed by atoms with E-state index in [-0.39, 0.29) is 0 Å². The summed E-state index contributed by atoms with van der Waals surface area (Å²) in [5, 5.41) is 0. The van der Waals surface area contributed by atoms with Crippen LogP contribution < -0.4 is 18.9 Å². The maximum Gasteiger partial charge on any atom is 0.207 e. The molecular weight excluding hydrogens is 364 g/mol. The Bertz CT molecular complexity index is 542. The van der Waals surface area contributed by atoms with Crippen LogP contribution in [-0.4, -0.2) is 27.4 Å². The molecule has 0 amide bonds. The highest BCUT2D eigenvalue weighted by Gasteiger charge is 2.22. The van der Waals surface area contributed by atoms with Crippen LogP contribution in [0.3, 0.4) is 0 Å². The van der Waals surface area contributed by atoms with Crippen molar-refractivity contribution in [1.29, 1.82) is 0 Å². The summed E-state index contributed by atoms with van der Waals surface area (Å²) in [4.78, 5) is 0. The molecule has 0 atom stereocenters. The van der Waals surface area contributed by atoms with Gasteiger partial charge in [0.1, 0.15) is 0 Å². The van der Waals surface area contributed by atoms with Crippen molar-refractivity contribution in [2.24, 2.45) is 0 Å². The van der Waals surface area contributed by atoms with E-state index in [1.54, 1.807) is 14.2 Å². The summed E-state index contributed by atoms with van der Waals surface area (Å²) in [7, 11) is 3.35. The molecule has 0 bridgehead atoms. The Hall–Kier alpha value is -1.58. The van der Waals surface area contributed by atoms with E-state index in [0.717, 1.165) is 37.2 Å². The summed E-state index contributed by atoms with van der Waals surface area (Å²) in [6, 6.07) is 2.11. The number of unbranched alkanes of at least 4 members (excludes halogenated alkanes) is 8. The predicted molar refractivity (Wildman–Crippen MR) is 122 cm³/mol. The summed E-state index contributed by atoms with van der Waals surface area (Å²) in [6.45, 7) is 8.05. The molecule has 0 N–H and O–H groups in total. The molecule has 168 valence electrons. The van der Waals surface area contributed by atoms with E-state index in [1.807, 2.05) is 0 Å². The number of ether oxygens (including phenoxy) is 4. The average Bonchev–Trinajstić information content (AvgIpc) is 2.74. The van der Waals surface area contributed by atoms with E-state index < -0.39 is 0 Å². The third-order valence-corrected chi connectivity index (χ3v) is 5.19. The lowest BCUT2D eigenvalue weighted by Crippen LogP contribution is -2.07. The molecule has 0 saturated carbocycles. The Morgan fingerprint density at radius 1 is 0.586 bits per heavy atom. The molecule has 29 heavy (non-hydrogen) atoms. The molecule has 0 fully saturated rings. The van der Waals surface area contributed by atoms with Crippen molar-refractivity contribution in [2.75, 3.05) is 27.4 Å². The van der Waals surface area contributed by atoms with E-state index in [2.05, 4.69) is 26.8 Å². The van der Waals surface area contributed by atoms with Gasteiger partial charge in [0.2, 0.25) is 11.5 Å². The molecule has 1 rings (SSSR count). The lowest BCUT2D eigenvalue weighted by atomic mass is 10.0. The third kappa shape index (κ3) is 9.18. The lowest BCUT2D eigenvalue weighted by molar-refractivity contribution is 0.256. The van der Waals surface area contributed by atoms with Gasteiger partial charge in [0.25, 0.3) is 0 Å². The van der Waals surface area contributed by atoms with Crippen LogP contribution in [-0.2, 0) is 6.42 Å². The standard InChI is InChI=1S/C25H44O4/c1-6-9-12-13-14-17-21-20-22(28-18-15-10-7-2)24(26-4)25(27-5)23(21)29-19-16-11-8-3/h20H,6-19H2,1-5H3. The van der Waals surface area contributed by atoms with Gasteiger partial charge in [0.05, 0.1) is 27.4 Å². The van der Waals surface area contributed by atoms with Gasteiger partial charge in [-0.2, -0.15) is 0 Å².